The standard InChI is InChI=1S/C11H5BrClF2N3/c12-6-2-1-3-7(4-6)18-10(13)8(5-16)9(17-18)11(14)15/h1-4,11H. The highest BCUT2D eigenvalue weighted by Crippen LogP contribution is 2.29. The monoisotopic (exact) mass is 331 g/mol. The minimum Gasteiger partial charge on any atom is -0.220 e. The maximum Gasteiger partial charge on any atom is 0.283 e. The van der Waals surface area contributed by atoms with Crippen molar-refractivity contribution in [1.82, 2.24) is 9.78 Å². The molecule has 0 amide bonds. The van der Waals surface area contributed by atoms with Gasteiger partial charge in [-0.2, -0.15) is 10.4 Å². The van der Waals surface area contributed by atoms with E-state index >= 15 is 0 Å². The van der Waals surface area contributed by atoms with Gasteiger partial charge < -0.3 is 0 Å². The minimum absolute atomic E-state index is 0.120. The van der Waals surface area contributed by atoms with Gasteiger partial charge in [-0.15, -0.1) is 0 Å². The molecule has 0 aliphatic heterocycles. The van der Waals surface area contributed by atoms with Crippen LogP contribution in [-0.4, -0.2) is 9.78 Å². The second kappa shape index (κ2) is 5.04. The van der Waals surface area contributed by atoms with E-state index in [2.05, 4.69) is 21.0 Å². The van der Waals surface area contributed by atoms with E-state index in [-0.39, 0.29) is 10.7 Å². The Labute approximate surface area is 115 Å². The van der Waals surface area contributed by atoms with Crippen LogP contribution in [0.2, 0.25) is 5.15 Å². The Hall–Kier alpha value is -1.45. The average Bonchev–Trinajstić information content (AvgIpc) is 2.66. The van der Waals surface area contributed by atoms with Gasteiger partial charge in [-0.3, -0.25) is 0 Å². The summed E-state index contributed by atoms with van der Waals surface area (Å²) >= 11 is 9.15. The van der Waals surface area contributed by atoms with Crippen molar-refractivity contribution in [2.24, 2.45) is 0 Å². The van der Waals surface area contributed by atoms with E-state index in [0.717, 1.165) is 9.15 Å². The molecule has 2 aromatic rings. The zero-order chi connectivity index (χ0) is 13.3. The van der Waals surface area contributed by atoms with Gasteiger partial charge in [0, 0.05) is 4.47 Å². The van der Waals surface area contributed by atoms with Gasteiger partial charge in [-0.25, -0.2) is 13.5 Å². The lowest BCUT2D eigenvalue weighted by molar-refractivity contribution is 0.145. The number of aromatic nitrogens is 2. The number of nitrogens with zero attached hydrogens (tertiary/aromatic N) is 3. The van der Waals surface area contributed by atoms with Gasteiger partial charge >= 0.3 is 0 Å². The van der Waals surface area contributed by atoms with Crippen LogP contribution < -0.4 is 0 Å². The Morgan fingerprint density at radius 1 is 1.44 bits per heavy atom. The fraction of sp³-hybridized carbons (Fsp3) is 0.0909. The topological polar surface area (TPSA) is 41.6 Å². The molecule has 0 radical (unpaired) electrons. The zero-order valence-electron chi connectivity index (χ0n) is 8.74. The van der Waals surface area contributed by atoms with Crippen molar-refractivity contribution in [3.8, 4) is 11.8 Å². The van der Waals surface area contributed by atoms with E-state index in [9.17, 15) is 8.78 Å². The second-order valence-electron chi connectivity index (χ2n) is 3.36. The molecule has 0 aliphatic rings. The van der Waals surface area contributed by atoms with Crippen molar-refractivity contribution >= 4 is 27.5 Å². The van der Waals surface area contributed by atoms with Crippen molar-refractivity contribution in [2.45, 2.75) is 6.43 Å². The minimum atomic E-state index is -2.84. The summed E-state index contributed by atoms with van der Waals surface area (Å²) in [6.07, 6.45) is -2.84. The lowest BCUT2D eigenvalue weighted by atomic mass is 10.3. The molecule has 0 N–H and O–H groups in total. The number of alkyl halides is 2. The zero-order valence-corrected chi connectivity index (χ0v) is 11.1. The number of benzene rings is 1. The van der Waals surface area contributed by atoms with E-state index in [1.54, 1.807) is 30.3 Å². The number of nitriles is 1. The summed E-state index contributed by atoms with van der Waals surface area (Å²) in [4.78, 5) is 0. The molecule has 3 nitrogen and oxygen atoms in total. The Morgan fingerprint density at radius 3 is 2.67 bits per heavy atom. The molecule has 0 saturated carbocycles. The van der Waals surface area contributed by atoms with Gasteiger partial charge in [0.2, 0.25) is 0 Å². The Morgan fingerprint density at radius 2 is 2.17 bits per heavy atom. The molecule has 0 atom stereocenters. The average molecular weight is 333 g/mol. The van der Waals surface area contributed by atoms with Crippen molar-refractivity contribution in [1.29, 1.82) is 5.26 Å². The fourth-order valence-electron chi connectivity index (χ4n) is 1.45. The smallest absolute Gasteiger partial charge is 0.220 e. The molecule has 1 aromatic heterocycles. The number of halogens is 4. The first-order chi connectivity index (χ1) is 8.54. The van der Waals surface area contributed by atoms with Crippen LogP contribution in [0.25, 0.3) is 5.69 Å². The summed E-state index contributed by atoms with van der Waals surface area (Å²) in [6, 6.07) is 8.45. The highest BCUT2D eigenvalue weighted by molar-refractivity contribution is 9.10. The maximum atomic E-state index is 12.7. The van der Waals surface area contributed by atoms with E-state index < -0.39 is 12.1 Å². The first-order valence-electron chi connectivity index (χ1n) is 4.77. The number of rotatable bonds is 2. The van der Waals surface area contributed by atoms with Crippen LogP contribution in [0.3, 0.4) is 0 Å². The maximum absolute atomic E-state index is 12.7. The molecule has 1 heterocycles. The quantitative estimate of drug-likeness (QED) is 0.831. The third kappa shape index (κ3) is 2.24. The van der Waals surface area contributed by atoms with Crippen molar-refractivity contribution in [3.63, 3.8) is 0 Å². The molecular weight excluding hydrogens is 327 g/mol. The molecule has 0 fully saturated rings. The van der Waals surface area contributed by atoms with Crippen LogP contribution in [0.1, 0.15) is 17.7 Å². The first-order valence-corrected chi connectivity index (χ1v) is 5.94. The largest absolute Gasteiger partial charge is 0.283 e. The van der Waals surface area contributed by atoms with Crippen molar-refractivity contribution in [2.75, 3.05) is 0 Å². The van der Waals surface area contributed by atoms with E-state index in [0.29, 0.717) is 5.69 Å². The molecule has 2 rings (SSSR count). The van der Waals surface area contributed by atoms with Gasteiger partial charge in [-0.05, 0) is 18.2 Å². The van der Waals surface area contributed by atoms with Crippen LogP contribution in [0.4, 0.5) is 8.78 Å². The predicted octanol–water partition coefficient (Wildman–Crippen LogP) is 4.10. The summed E-state index contributed by atoms with van der Waals surface area (Å²) < 4.78 is 27.3. The number of hydrogen-bond donors (Lipinski definition) is 0. The first kappa shape index (κ1) is 13.0. The molecule has 18 heavy (non-hydrogen) atoms. The molecule has 0 unspecified atom stereocenters. The van der Waals surface area contributed by atoms with E-state index in [1.807, 2.05) is 0 Å². The normalized spacial score (nSPS) is 10.7. The molecule has 92 valence electrons. The fourth-order valence-corrected chi connectivity index (χ4v) is 2.11. The summed E-state index contributed by atoms with van der Waals surface area (Å²) in [5.74, 6) is 0. The van der Waals surface area contributed by atoms with Crippen LogP contribution in [0, 0.1) is 11.3 Å². The second-order valence-corrected chi connectivity index (χ2v) is 4.63. The van der Waals surface area contributed by atoms with E-state index in [1.165, 1.54) is 0 Å². The highest BCUT2D eigenvalue weighted by atomic mass is 79.9. The lowest BCUT2D eigenvalue weighted by Crippen LogP contribution is -1.97. The molecule has 0 spiro atoms. The van der Waals surface area contributed by atoms with Gasteiger partial charge in [0.15, 0.2) is 5.15 Å². The molecule has 0 bridgehead atoms. The summed E-state index contributed by atoms with van der Waals surface area (Å²) in [7, 11) is 0. The molecule has 0 saturated heterocycles. The Bertz CT molecular complexity index is 634. The molecule has 0 aliphatic carbocycles. The van der Waals surface area contributed by atoms with Gasteiger partial charge in [0.1, 0.15) is 17.3 Å². The van der Waals surface area contributed by atoms with Crippen LogP contribution in [0.15, 0.2) is 28.7 Å². The van der Waals surface area contributed by atoms with Crippen LogP contribution >= 0.6 is 27.5 Å². The Balaban J connectivity index is 2.63. The Kier molecular flexibility index (Phi) is 3.64. The molecular formula is C11H5BrClF2N3. The summed E-state index contributed by atoms with van der Waals surface area (Å²) in [5.41, 5.74) is -0.410. The van der Waals surface area contributed by atoms with Crippen molar-refractivity contribution < 1.29 is 8.78 Å². The molecule has 1 aromatic carbocycles. The predicted molar refractivity (Wildman–Crippen MR) is 65.9 cm³/mol. The van der Waals surface area contributed by atoms with E-state index in [4.69, 9.17) is 16.9 Å². The van der Waals surface area contributed by atoms with Gasteiger partial charge in [0.05, 0.1) is 5.69 Å². The summed E-state index contributed by atoms with van der Waals surface area (Å²) in [6.45, 7) is 0. The van der Waals surface area contributed by atoms with Gasteiger partial charge in [0.25, 0.3) is 6.43 Å². The lowest BCUT2D eigenvalue weighted by Gasteiger charge is -2.02. The highest BCUT2D eigenvalue weighted by Gasteiger charge is 2.23. The van der Waals surface area contributed by atoms with Crippen LogP contribution in [-0.2, 0) is 0 Å². The third-order valence-corrected chi connectivity index (χ3v) is 3.07. The number of hydrogen-bond acceptors (Lipinski definition) is 2. The van der Waals surface area contributed by atoms with Crippen LogP contribution in [0.5, 0.6) is 0 Å². The SMILES string of the molecule is N#Cc1c(C(F)F)nn(-c2cccc(Br)c2)c1Cl. The summed E-state index contributed by atoms with van der Waals surface area (Å²) in [5, 5.41) is 12.4. The molecule has 7 heteroatoms. The van der Waals surface area contributed by atoms with Gasteiger partial charge in [-0.1, -0.05) is 33.6 Å². The third-order valence-electron chi connectivity index (χ3n) is 2.23. The van der Waals surface area contributed by atoms with Crippen molar-refractivity contribution in [3.05, 3.63) is 45.1 Å².